The maximum absolute atomic E-state index is 11.9. The van der Waals surface area contributed by atoms with Gasteiger partial charge in [-0.2, -0.15) is 0 Å². The number of carbonyl (C=O) groups excluding carboxylic acids is 1. The second-order valence-electron chi connectivity index (χ2n) is 5.08. The largest absolute Gasteiger partial charge is 0.339 e. The summed E-state index contributed by atoms with van der Waals surface area (Å²) in [5.41, 5.74) is 2.40. The van der Waals surface area contributed by atoms with Crippen molar-refractivity contribution in [2.45, 2.75) is 38.1 Å². The van der Waals surface area contributed by atoms with Crippen LogP contribution < -0.4 is 0 Å². The van der Waals surface area contributed by atoms with Crippen LogP contribution in [0, 0.1) is 6.92 Å². The summed E-state index contributed by atoms with van der Waals surface area (Å²) in [6.45, 7) is 3.02. The van der Waals surface area contributed by atoms with Crippen LogP contribution >= 0.6 is 11.6 Å². The molecule has 2 fully saturated rings. The first-order valence-corrected chi connectivity index (χ1v) is 6.61. The number of amides is 1. The van der Waals surface area contributed by atoms with E-state index in [0.717, 1.165) is 24.4 Å². The fourth-order valence-corrected chi connectivity index (χ4v) is 3.73. The van der Waals surface area contributed by atoms with Crippen molar-refractivity contribution < 1.29 is 4.79 Å². The minimum Gasteiger partial charge on any atom is -0.339 e. The minimum absolute atomic E-state index is 0.303. The normalized spacial score (nSPS) is 27.6. The monoisotopic (exact) mass is 249 g/mol. The number of rotatable bonds is 1. The fraction of sp³-hybridized carbons (Fsp3) is 0.500. The highest BCUT2D eigenvalue weighted by atomic mass is 35.5. The molecule has 0 radical (unpaired) electrons. The van der Waals surface area contributed by atoms with E-state index in [1.54, 1.807) is 0 Å². The number of nitrogens with zero attached hydrogens (tertiary/aromatic N) is 1. The van der Waals surface area contributed by atoms with Crippen LogP contribution in [0.2, 0.25) is 5.02 Å². The molecule has 0 bridgehead atoms. The lowest BCUT2D eigenvalue weighted by molar-refractivity contribution is -0.127. The van der Waals surface area contributed by atoms with Crippen molar-refractivity contribution in [3.8, 4) is 0 Å². The molecular weight excluding hydrogens is 234 g/mol. The summed E-state index contributed by atoms with van der Waals surface area (Å²) in [6.07, 6.45) is 2.90. The van der Waals surface area contributed by atoms with Gasteiger partial charge in [-0.3, -0.25) is 4.79 Å². The number of carbonyl (C=O) groups is 1. The molecule has 3 rings (SSSR count). The zero-order chi connectivity index (χ0) is 12.0. The topological polar surface area (TPSA) is 20.3 Å². The summed E-state index contributed by atoms with van der Waals surface area (Å²) in [5.74, 6) is 0.607. The van der Waals surface area contributed by atoms with Gasteiger partial charge in [0.05, 0.1) is 0 Å². The SMILES string of the molecule is Cc1cccc(Cl)c1[C@@H]1CC(=O)N2CCC[C@@H]12. The molecular formula is C14H16ClNO. The molecule has 1 amide bonds. The molecule has 2 aliphatic rings. The highest BCUT2D eigenvalue weighted by molar-refractivity contribution is 6.31. The van der Waals surface area contributed by atoms with Crippen molar-refractivity contribution in [1.82, 2.24) is 4.90 Å². The van der Waals surface area contributed by atoms with Crippen molar-refractivity contribution in [1.29, 1.82) is 0 Å². The van der Waals surface area contributed by atoms with Crippen LogP contribution in [-0.4, -0.2) is 23.4 Å². The van der Waals surface area contributed by atoms with Crippen LogP contribution in [0.25, 0.3) is 0 Å². The lowest BCUT2D eigenvalue weighted by Crippen LogP contribution is -2.28. The summed E-state index contributed by atoms with van der Waals surface area (Å²) in [5, 5.41) is 0.816. The minimum atomic E-state index is 0.303. The van der Waals surface area contributed by atoms with E-state index in [1.807, 2.05) is 17.0 Å². The van der Waals surface area contributed by atoms with E-state index in [4.69, 9.17) is 11.6 Å². The van der Waals surface area contributed by atoms with Gasteiger partial charge in [0.2, 0.25) is 5.91 Å². The molecule has 0 N–H and O–H groups in total. The van der Waals surface area contributed by atoms with Crippen molar-refractivity contribution in [2.24, 2.45) is 0 Å². The molecule has 0 spiro atoms. The first kappa shape index (κ1) is 11.1. The molecule has 3 heteroatoms. The maximum Gasteiger partial charge on any atom is 0.223 e. The van der Waals surface area contributed by atoms with E-state index in [2.05, 4.69) is 13.0 Å². The average Bonchev–Trinajstić information content (AvgIpc) is 2.84. The third-order valence-corrected chi connectivity index (χ3v) is 4.45. The van der Waals surface area contributed by atoms with E-state index in [-0.39, 0.29) is 0 Å². The molecule has 2 saturated heterocycles. The van der Waals surface area contributed by atoms with Gasteiger partial charge >= 0.3 is 0 Å². The summed E-state index contributed by atoms with van der Waals surface area (Å²) in [4.78, 5) is 14.0. The van der Waals surface area contributed by atoms with Crippen molar-refractivity contribution in [2.75, 3.05) is 6.54 Å². The van der Waals surface area contributed by atoms with Crippen LogP contribution in [0.15, 0.2) is 18.2 Å². The maximum atomic E-state index is 11.9. The van der Waals surface area contributed by atoms with E-state index in [1.165, 1.54) is 11.1 Å². The molecule has 1 aromatic carbocycles. The molecule has 1 aromatic rings. The van der Waals surface area contributed by atoms with Crippen LogP contribution in [-0.2, 0) is 4.79 Å². The molecule has 2 nitrogen and oxygen atoms in total. The number of hydrogen-bond donors (Lipinski definition) is 0. The fourth-order valence-electron chi connectivity index (χ4n) is 3.37. The molecule has 17 heavy (non-hydrogen) atoms. The van der Waals surface area contributed by atoms with Gasteiger partial charge in [-0.15, -0.1) is 0 Å². The van der Waals surface area contributed by atoms with E-state index in [9.17, 15) is 4.79 Å². The average molecular weight is 250 g/mol. The molecule has 90 valence electrons. The first-order chi connectivity index (χ1) is 8.18. The molecule has 0 saturated carbocycles. The highest BCUT2D eigenvalue weighted by Gasteiger charge is 2.43. The van der Waals surface area contributed by atoms with Crippen LogP contribution in [0.5, 0.6) is 0 Å². The van der Waals surface area contributed by atoms with Crippen LogP contribution in [0.3, 0.4) is 0 Å². The van der Waals surface area contributed by atoms with Crippen molar-refractivity contribution >= 4 is 17.5 Å². The molecule has 0 aromatic heterocycles. The van der Waals surface area contributed by atoms with Gasteiger partial charge < -0.3 is 4.90 Å². The number of aryl methyl sites for hydroxylation is 1. The Kier molecular flexibility index (Phi) is 2.62. The quantitative estimate of drug-likeness (QED) is 0.749. The van der Waals surface area contributed by atoms with Gasteiger partial charge in [0.1, 0.15) is 0 Å². The number of fused-ring (bicyclic) bond motifs is 1. The van der Waals surface area contributed by atoms with Gasteiger partial charge in [-0.1, -0.05) is 23.7 Å². The summed E-state index contributed by atoms with van der Waals surface area (Å²) >= 11 is 6.32. The molecule has 2 heterocycles. The molecule has 2 atom stereocenters. The van der Waals surface area contributed by atoms with Gasteiger partial charge in [-0.05, 0) is 37.0 Å². The van der Waals surface area contributed by atoms with Gasteiger partial charge in [0.15, 0.2) is 0 Å². The smallest absolute Gasteiger partial charge is 0.223 e. The lowest BCUT2D eigenvalue weighted by atomic mass is 9.87. The Morgan fingerprint density at radius 2 is 2.24 bits per heavy atom. The predicted octanol–water partition coefficient (Wildman–Crippen LogP) is 3.13. The Labute approximate surface area is 107 Å². The predicted molar refractivity (Wildman–Crippen MR) is 68.3 cm³/mol. The Morgan fingerprint density at radius 3 is 3.00 bits per heavy atom. The third-order valence-electron chi connectivity index (χ3n) is 4.12. The lowest BCUT2D eigenvalue weighted by Gasteiger charge is -2.22. The Bertz CT molecular complexity index is 451. The number of benzene rings is 1. The summed E-state index contributed by atoms with van der Waals surface area (Å²) in [7, 11) is 0. The van der Waals surface area contributed by atoms with E-state index < -0.39 is 0 Å². The summed E-state index contributed by atoms with van der Waals surface area (Å²) in [6, 6.07) is 6.39. The first-order valence-electron chi connectivity index (χ1n) is 6.23. The van der Waals surface area contributed by atoms with Crippen molar-refractivity contribution in [3.05, 3.63) is 34.3 Å². The number of halogens is 1. The zero-order valence-electron chi connectivity index (χ0n) is 9.95. The second-order valence-corrected chi connectivity index (χ2v) is 5.48. The van der Waals surface area contributed by atoms with E-state index >= 15 is 0 Å². The standard InChI is InChI=1S/C14H16ClNO/c1-9-4-2-5-11(15)14(9)10-8-13(17)16-7-3-6-12(10)16/h2,4-5,10,12H,3,6-8H2,1H3/t10-,12+/m1/s1. The Morgan fingerprint density at radius 1 is 1.41 bits per heavy atom. The van der Waals surface area contributed by atoms with Gasteiger partial charge in [0.25, 0.3) is 0 Å². The molecule has 0 unspecified atom stereocenters. The Hall–Kier alpha value is -1.02. The Balaban J connectivity index is 2.02. The van der Waals surface area contributed by atoms with Gasteiger partial charge in [0, 0.05) is 29.9 Å². The van der Waals surface area contributed by atoms with Crippen LogP contribution in [0.1, 0.15) is 36.3 Å². The highest BCUT2D eigenvalue weighted by Crippen LogP contribution is 2.43. The second kappa shape index (κ2) is 4.02. The molecule has 0 aliphatic carbocycles. The third kappa shape index (κ3) is 1.66. The summed E-state index contributed by atoms with van der Waals surface area (Å²) < 4.78 is 0. The van der Waals surface area contributed by atoms with Crippen LogP contribution in [0.4, 0.5) is 0 Å². The van der Waals surface area contributed by atoms with Gasteiger partial charge in [-0.25, -0.2) is 0 Å². The van der Waals surface area contributed by atoms with Crippen molar-refractivity contribution in [3.63, 3.8) is 0 Å². The number of hydrogen-bond acceptors (Lipinski definition) is 1. The zero-order valence-corrected chi connectivity index (χ0v) is 10.7. The van der Waals surface area contributed by atoms with E-state index in [0.29, 0.717) is 24.3 Å². The molecule has 2 aliphatic heterocycles.